The minimum Gasteiger partial charge on any atom is -0.398 e. The van der Waals surface area contributed by atoms with Crippen LogP contribution in [0.5, 0.6) is 0 Å². The number of hydrogen-bond donors (Lipinski definition) is 2. The highest BCUT2D eigenvalue weighted by Crippen LogP contribution is 2.23. The SMILES string of the molecule is CCc1ccc(NC(=O)c2ccc(Br)cc2Cl)cc1N. The first-order chi connectivity index (χ1) is 9.51. The maximum Gasteiger partial charge on any atom is 0.257 e. The predicted octanol–water partition coefficient (Wildman–Crippen LogP) is 4.50. The molecule has 0 spiro atoms. The van der Waals surface area contributed by atoms with E-state index in [0.717, 1.165) is 16.5 Å². The molecule has 2 aromatic rings. The molecule has 0 aliphatic heterocycles. The average Bonchev–Trinajstić information content (AvgIpc) is 2.38. The molecular formula is C15H14BrClN2O. The lowest BCUT2D eigenvalue weighted by Gasteiger charge is -2.09. The van der Waals surface area contributed by atoms with Crippen molar-refractivity contribution in [3.05, 3.63) is 57.0 Å². The minimum atomic E-state index is -0.258. The lowest BCUT2D eigenvalue weighted by Crippen LogP contribution is -2.12. The van der Waals surface area contributed by atoms with Crippen LogP contribution in [0.15, 0.2) is 40.9 Å². The topological polar surface area (TPSA) is 55.1 Å². The lowest BCUT2D eigenvalue weighted by atomic mass is 10.1. The lowest BCUT2D eigenvalue weighted by molar-refractivity contribution is 0.102. The van der Waals surface area contributed by atoms with Crippen LogP contribution in [-0.2, 0) is 6.42 Å². The van der Waals surface area contributed by atoms with Crippen LogP contribution in [0.3, 0.4) is 0 Å². The number of anilines is 2. The normalized spacial score (nSPS) is 10.3. The van der Waals surface area contributed by atoms with Gasteiger partial charge in [-0.3, -0.25) is 4.79 Å². The number of carbonyl (C=O) groups excluding carboxylic acids is 1. The second kappa shape index (κ2) is 6.29. The van der Waals surface area contributed by atoms with Crippen LogP contribution in [0.1, 0.15) is 22.8 Å². The molecule has 3 N–H and O–H groups in total. The molecule has 0 saturated carbocycles. The number of aryl methyl sites for hydroxylation is 1. The summed E-state index contributed by atoms with van der Waals surface area (Å²) in [5, 5.41) is 3.19. The van der Waals surface area contributed by atoms with Crippen LogP contribution in [0.2, 0.25) is 5.02 Å². The van der Waals surface area contributed by atoms with Crippen LogP contribution in [0, 0.1) is 0 Å². The van der Waals surface area contributed by atoms with Gasteiger partial charge in [0.05, 0.1) is 10.6 Å². The van der Waals surface area contributed by atoms with Crippen LogP contribution in [-0.4, -0.2) is 5.91 Å². The number of nitrogen functional groups attached to an aromatic ring is 1. The Morgan fingerprint density at radius 3 is 2.65 bits per heavy atom. The first-order valence-corrected chi connectivity index (χ1v) is 7.33. The van der Waals surface area contributed by atoms with E-state index in [-0.39, 0.29) is 5.91 Å². The van der Waals surface area contributed by atoms with Crippen LogP contribution in [0.25, 0.3) is 0 Å². The van der Waals surface area contributed by atoms with Gasteiger partial charge in [-0.2, -0.15) is 0 Å². The molecule has 0 aliphatic rings. The summed E-state index contributed by atoms with van der Waals surface area (Å²) in [5.41, 5.74) is 8.73. The number of benzene rings is 2. The van der Waals surface area contributed by atoms with Gasteiger partial charge in [0.15, 0.2) is 0 Å². The van der Waals surface area contributed by atoms with Gasteiger partial charge in [0, 0.05) is 15.8 Å². The molecule has 20 heavy (non-hydrogen) atoms. The van der Waals surface area contributed by atoms with E-state index in [1.165, 1.54) is 0 Å². The van der Waals surface area contributed by atoms with Gasteiger partial charge < -0.3 is 11.1 Å². The van der Waals surface area contributed by atoms with Crippen molar-refractivity contribution in [2.24, 2.45) is 0 Å². The predicted molar refractivity (Wildman–Crippen MR) is 87.3 cm³/mol. The quantitative estimate of drug-likeness (QED) is 0.798. The number of carbonyl (C=O) groups is 1. The zero-order chi connectivity index (χ0) is 14.7. The highest BCUT2D eigenvalue weighted by atomic mass is 79.9. The number of rotatable bonds is 3. The van der Waals surface area contributed by atoms with Crippen molar-refractivity contribution >= 4 is 44.8 Å². The van der Waals surface area contributed by atoms with Crippen molar-refractivity contribution in [2.45, 2.75) is 13.3 Å². The second-order valence-corrected chi connectivity index (χ2v) is 5.67. The summed E-state index contributed by atoms with van der Waals surface area (Å²) in [6.07, 6.45) is 0.860. The Balaban J connectivity index is 2.21. The van der Waals surface area contributed by atoms with E-state index >= 15 is 0 Å². The Labute approximate surface area is 131 Å². The molecule has 0 aromatic heterocycles. The van der Waals surface area contributed by atoms with E-state index in [1.54, 1.807) is 24.3 Å². The maximum atomic E-state index is 12.2. The van der Waals surface area contributed by atoms with Gasteiger partial charge in [0.1, 0.15) is 0 Å². The number of amides is 1. The first kappa shape index (κ1) is 14.9. The third kappa shape index (κ3) is 3.32. The van der Waals surface area contributed by atoms with Gasteiger partial charge in [-0.25, -0.2) is 0 Å². The standard InChI is InChI=1S/C15H14BrClN2O/c1-2-9-3-5-11(8-14(9)18)19-15(20)12-6-4-10(16)7-13(12)17/h3-8H,2,18H2,1H3,(H,19,20). The highest BCUT2D eigenvalue weighted by Gasteiger charge is 2.11. The van der Waals surface area contributed by atoms with Crippen molar-refractivity contribution in [3.8, 4) is 0 Å². The van der Waals surface area contributed by atoms with Crippen molar-refractivity contribution < 1.29 is 4.79 Å². The van der Waals surface area contributed by atoms with E-state index in [2.05, 4.69) is 21.2 Å². The Hall–Kier alpha value is -1.52. The smallest absolute Gasteiger partial charge is 0.257 e. The summed E-state index contributed by atoms with van der Waals surface area (Å²) in [4.78, 5) is 12.2. The van der Waals surface area contributed by atoms with Gasteiger partial charge >= 0.3 is 0 Å². The molecule has 104 valence electrons. The summed E-state index contributed by atoms with van der Waals surface area (Å²) in [6, 6.07) is 10.6. The van der Waals surface area contributed by atoms with Gasteiger partial charge in [-0.05, 0) is 42.3 Å². The Bertz CT molecular complexity index is 658. The van der Waals surface area contributed by atoms with Gasteiger partial charge in [0.2, 0.25) is 0 Å². The third-order valence-corrected chi connectivity index (χ3v) is 3.77. The average molecular weight is 354 g/mol. The number of hydrogen-bond acceptors (Lipinski definition) is 2. The van der Waals surface area contributed by atoms with Crippen LogP contribution < -0.4 is 11.1 Å². The molecule has 2 aromatic carbocycles. The van der Waals surface area contributed by atoms with Crippen molar-refractivity contribution in [1.29, 1.82) is 0 Å². The Kier molecular flexibility index (Phi) is 4.68. The van der Waals surface area contributed by atoms with Gasteiger partial charge in [0.25, 0.3) is 5.91 Å². The molecule has 0 saturated heterocycles. The molecule has 1 amide bonds. The molecule has 0 atom stereocenters. The molecule has 0 unspecified atom stereocenters. The fourth-order valence-electron chi connectivity index (χ4n) is 1.87. The van der Waals surface area contributed by atoms with E-state index in [4.69, 9.17) is 17.3 Å². The van der Waals surface area contributed by atoms with Gasteiger partial charge in [-0.1, -0.05) is 40.5 Å². The summed E-state index contributed by atoms with van der Waals surface area (Å²) < 4.78 is 0.829. The largest absolute Gasteiger partial charge is 0.398 e. The Morgan fingerprint density at radius 2 is 2.05 bits per heavy atom. The molecule has 0 heterocycles. The zero-order valence-corrected chi connectivity index (χ0v) is 13.3. The summed E-state index contributed by atoms with van der Waals surface area (Å²) in [5.74, 6) is -0.258. The van der Waals surface area contributed by atoms with Gasteiger partial charge in [-0.15, -0.1) is 0 Å². The molecule has 2 rings (SSSR count). The number of nitrogens with one attached hydrogen (secondary N) is 1. The van der Waals surface area contributed by atoms with E-state index in [9.17, 15) is 4.79 Å². The third-order valence-electron chi connectivity index (χ3n) is 2.96. The highest BCUT2D eigenvalue weighted by molar-refractivity contribution is 9.10. The zero-order valence-electron chi connectivity index (χ0n) is 10.9. The molecule has 0 fully saturated rings. The monoisotopic (exact) mass is 352 g/mol. The fraction of sp³-hybridized carbons (Fsp3) is 0.133. The summed E-state index contributed by atoms with van der Waals surface area (Å²) in [6.45, 7) is 2.03. The molecule has 3 nitrogen and oxygen atoms in total. The fourth-order valence-corrected chi connectivity index (χ4v) is 2.63. The minimum absolute atomic E-state index is 0.258. The van der Waals surface area contributed by atoms with Crippen molar-refractivity contribution in [1.82, 2.24) is 0 Å². The van der Waals surface area contributed by atoms with E-state index in [0.29, 0.717) is 22.0 Å². The van der Waals surface area contributed by atoms with Crippen molar-refractivity contribution in [2.75, 3.05) is 11.1 Å². The number of nitrogens with two attached hydrogens (primary N) is 1. The second-order valence-electron chi connectivity index (χ2n) is 4.35. The van der Waals surface area contributed by atoms with E-state index in [1.807, 2.05) is 19.1 Å². The first-order valence-electron chi connectivity index (χ1n) is 6.16. The van der Waals surface area contributed by atoms with E-state index < -0.39 is 0 Å². The molecule has 5 heteroatoms. The van der Waals surface area contributed by atoms with Crippen LogP contribution in [0.4, 0.5) is 11.4 Å². The number of halogens is 2. The van der Waals surface area contributed by atoms with Crippen LogP contribution >= 0.6 is 27.5 Å². The maximum absolute atomic E-state index is 12.2. The Morgan fingerprint density at radius 1 is 1.30 bits per heavy atom. The molecular weight excluding hydrogens is 340 g/mol. The van der Waals surface area contributed by atoms with Crippen molar-refractivity contribution in [3.63, 3.8) is 0 Å². The molecule has 0 bridgehead atoms. The summed E-state index contributed by atoms with van der Waals surface area (Å²) >= 11 is 9.36. The summed E-state index contributed by atoms with van der Waals surface area (Å²) in [7, 11) is 0. The molecule has 0 radical (unpaired) electrons. The molecule has 0 aliphatic carbocycles.